The van der Waals surface area contributed by atoms with Crippen LogP contribution >= 0.6 is 11.8 Å². The van der Waals surface area contributed by atoms with E-state index in [2.05, 4.69) is 66.6 Å². The molecule has 1 N–H and O–H groups in total. The van der Waals surface area contributed by atoms with Gasteiger partial charge in [0.15, 0.2) is 0 Å². The lowest BCUT2D eigenvalue weighted by Crippen LogP contribution is -2.44. The van der Waals surface area contributed by atoms with Crippen LogP contribution in [0.1, 0.15) is 52.5 Å². The number of nitrogens with zero attached hydrogens (tertiary/aromatic N) is 3. The molecule has 0 bridgehead atoms. The van der Waals surface area contributed by atoms with Gasteiger partial charge >= 0.3 is 0 Å². The molecule has 118 valence electrons. The van der Waals surface area contributed by atoms with E-state index in [0.717, 1.165) is 43.4 Å². The zero-order chi connectivity index (χ0) is 15.5. The normalized spacial score (nSPS) is 18.1. The molecule has 0 spiro atoms. The van der Waals surface area contributed by atoms with Crippen LogP contribution in [0.2, 0.25) is 0 Å². The molecular weight excluding hydrogens is 280 g/mol. The van der Waals surface area contributed by atoms with Crippen LogP contribution in [0, 0.1) is 0 Å². The molecule has 0 aliphatic carbocycles. The van der Waals surface area contributed by atoms with Crippen LogP contribution in [0.3, 0.4) is 0 Å². The molecule has 2 heterocycles. The summed E-state index contributed by atoms with van der Waals surface area (Å²) in [6, 6.07) is 0. The molecule has 0 radical (unpaired) electrons. The fraction of sp³-hybridized carbons (Fsp3) is 0.750. The fourth-order valence-corrected chi connectivity index (χ4v) is 3.86. The monoisotopic (exact) mass is 308 g/mol. The smallest absolute Gasteiger partial charge is 0.137 e. The van der Waals surface area contributed by atoms with Crippen LogP contribution in [0.5, 0.6) is 0 Å². The van der Waals surface area contributed by atoms with Crippen molar-refractivity contribution in [2.75, 3.05) is 35.6 Å². The van der Waals surface area contributed by atoms with Crippen molar-refractivity contribution in [1.29, 1.82) is 0 Å². The third-order valence-corrected chi connectivity index (χ3v) is 5.01. The summed E-state index contributed by atoms with van der Waals surface area (Å²) in [5.41, 5.74) is 1.26. The summed E-state index contributed by atoms with van der Waals surface area (Å²) < 4.78 is 0.286. The van der Waals surface area contributed by atoms with Crippen LogP contribution in [0.4, 0.5) is 11.6 Å². The van der Waals surface area contributed by atoms with Crippen LogP contribution in [0.25, 0.3) is 0 Å². The highest BCUT2D eigenvalue weighted by atomic mass is 32.2. The summed E-state index contributed by atoms with van der Waals surface area (Å²) in [5.74, 6) is 3.70. The first-order chi connectivity index (χ1) is 9.94. The molecule has 1 saturated heterocycles. The van der Waals surface area contributed by atoms with Gasteiger partial charge in [-0.3, -0.25) is 0 Å². The van der Waals surface area contributed by atoms with Crippen LogP contribution in [-0.2, 0) is 0 Å². The minimum atomic E-state index is 0.286. The van der Waals surface area contributed by atoms with Gasteiger partial charge in [-0.25, -0.2) is 9.97 Å². The average Bonchev–Trinajstić information content (AvgIpc) is 2.43. The van der Waals surface area contributed by atoms with Crippen molar-refractivity contribution in [3.8, 4) is 0 Å². The quantitative estimate of drug-likeness (QED) is 0.897. The largest absolute Gasteiger partial charge is 0.370 e. The SMILES string of the molecule is CCCNc1ncnc(N2CCSC(C)(C)C2)c1C(C)C. The van der Waals surface area contributed by atoms with Gasteiger partial charge in [-0.1, -0.05) is 20.8 Å². The lowest BCUT2D eigenvalue weighted by atomic mass is 10.0. The lowest BCUT2D eigenvalue weighted by Gasteiger charge is -2.39. The maximum Gasteiger partial charge on any atom is 0.137 e. The third-order valence-electron chi connectivity index (χ3n) is 3.71. The van der Waals surface area contributed by atoms with Crippen molar-refractivity contribution in [3.63, 3.8) is 0 Å². The van der Waals surface area contributed by atoms with Crippen molar-refractivity contribution < 1.29 is 0 Å². The highest BCUT2D eigenvalue weighted by Crippen LogP contribution is 2.36. The summed E-state index contributed by atoms with van der Waals surface area (Å²) in [6.07, 6.45) is 2.80. The minimum absolute atomic E-state index is 0.286. The second-order valence-electron chi connectivity index (χ2n) is 6.57. The van der Waals surface area contributed by atoms with E-state index in [-0.39, 0.29) is 4.75 Å². The Morgan fingerprint density at radius 2 is 2.14 bits per heavy atom. The predicted octanol–water partition coefficient (Wildman–Crippen LogP) is 3.75. The van der Waals surface area contributed by atoms with Crippen molar-refractivity contribution in [2.45, 2.75) is 51.7 Å². The van der Waals surface area contributed by atoms with E-state index in [1.54, 1.807) is 6.33 Å². The number of anilines is 2. The number of thioether (sulfide) groups is 1. The van der Waals surface area contributed by atoms with E-state index in [9.17, 15) is 0 Å². The van der Waals surface area contributed by atoms with Gasteiger partial charge in [-0.15, -0.1) is 0 Å². The topological polar surface area (TPSA) is 41.1 Å². The zero-order valence-electron chi connectivity index (χ0n) is 13.9. The molecule has 0 unspecified atom stereocenters. The van der Waals surface area contributed by atoms with Gasteiger partial charge < -0.3 is 10.2 Å². The Hall–Kier alpha value is -0.970. The Labute approximate surface area is 133 Å². The first-order valence-electron chi connectivity index (χ1n) is 7.92. The van der Waals surface area contributed by atoms with Crippen molar-refractivity contribution in [1.82, 2.24) is 9.97 Å². The lowest BCUT2D eigenvalue weighted by molar-refractivity contribution is 0.636. The molecule has 0 saturated carbocycles. The van der Waals surface area contributed by atoms with E-state index < -0.39 is 0 Å². The molecule has 0 atom stereocenters. The van der Waals surface area contributed by atoms with E-state index in [4.69, 9.17) is 0 Å². The standard InChI is InChI=1S/C16H28N4S/c1-6-7-17-14-13(12(2)3)15(19-11-18-14)20-8-9-21-16(4,5)10-20/h11-12H,6-10H2,1-5H3,(H,17,18,19). The first kappa shape index (κ1) is 16.4. The molecule has 1 fully saturated rings. The number of hydrogen-bond donors (Lipinski definition) is 1. The molecule has 1 aliphatic heterocycles. The van der Waals surface area contributed by atoms with Crippen LogP contribution in [0.15, 0.2) is 6.33 Å². The molecular formula is C16H28N4S. The predicted molar refractivity (Wildman–Crippen MR) is 93.7 cm³/mol. The summed E-state index contributed by atoms with van der Waals surface area (Å²) in [5, 5.41) is 3.46. The highest BCUT2D eigenvalue weighted by Gasteiger charge is 2.30. The summed E-state index contributed by atoms with van der Waals surface area (Å²) in [7, 11) is 0. The van der Waals surface area contributed by atoms with Gasteiger partial charge in [-0.2, -0.15) is 11.8 Å². The molecule has 0 aromatic carbocycles. The molecule has 5 heteroatoms. The Morgan fingerprint density at radius 1 is 1.38 bits per heavy atom. The van der Waals surface area contributed by atoms with E-state index in [1.807, 2.05) is 0 Å². The van der Waals surface area contributed by atoms with Gasteiger partial charge in [0.05, 0.1) is 0 Å². The molecule has 21 heavy (non-hydrogen) atoms. The van der Waals surface area contributed by atoms with E-state index in [0.29, 0.717) is 5.92 Å². The van der Waals surface area contributed by atoms with Gasteiger partial charge in [0, 0.05) is 35.7 Å². The van der Waals surface area contributed by atoms with Crippen molar-refractivity contribution in [2.24, 2.45) is 0 Å². The number of nitrogens with one attached hydrogen (secondary N) is 1. The first-order valence-corrected chi connectivity index (χ1v) is 8.91. The molecule has 1 aromatic heterocycles. The summed E-state index contributed by atoms with van der Waals surface area (Å²) in [4.78, 5) is 11.5. The van der Waals surface area contributed by atoms with Crippen molar-refractivity contribution in [3.05, 3.63) is 11.9 Å². The fourth-order valence-electron chi connectivity index (χ4n) is 2.75. The number of hydrogen-bond acceptors (Lipinski definition) is 5. The highest BCUT2D eigenvalue weighted by molar-refractivity contribution is 8.00. The molecule has 4 nitrogen and oxygen atoms in total. The third kappa shape index (κ3) is 4.02. The van der Waals surface area contributed by atoms with Crippen LogP contribution < -0.4 is 10.2 Å². The maximum absolute atomic E-state index is 4.62. The van der Waals surface area contributed by atoms with E-state index in [1.165, 1.54) is 5.56 Å². The van der Waals surface area contributed by atoms with Gasteiger partial charge in [-0.05, 0) is 26.2 Å². The van der Waals surface area contributed by atoms with Gasteiger partial charge in [0.25, 0.3) is 0 Å². The Kier molecular flexibility index (Phi) is 5.36. The molecule has 1 aliphatic rings. The maximum atomic E-state index is 4.62. The number of aromatic nitrogens is 2. The van der Waals surface area contributed by atoms with Gasteiger partial charge in [0.2, 0.25) is 0 Å². The van der Waals surface area contributed by atoms with Gasteiger partial charge in [0.1, 0.15) is 18.0 Å². The average molecular weight is 308 g/mol. The number of rotatable bonds is 5. The second-order valence-corrected chi connectivity index (χ2v) is 8.37. The van der Waals surface area contributed by atoms with Crippen molar-refractivity contribution >= 4 is 23.4 Å². The Bertz CT molecular complexity index is 473. The molecule has 1 aromatic rings. The zero-order valence-corrected chi connectivity index (χ0v) is 14.8. The van der Waals surface area contributed by atoms with Crippen LogP contribution in [-0.4, -0.2) is 40.1 Å². The van der Waals surface area contributed by atoms with E-state index >= 15 is 0 Å². The Balaban J connectivity index is 2.33. The minimum Gasteiger partial charge on any atom is -0.370 e. The summed E-state index contributed by atoms with van der Waals surface area (Å²) in [6.45, 7) is 14.3. The molecule has 0 amide bonds. The Morgan fingerprint density at radius 3 is 2.76 bits per heavy atom. The second kappa shape index (κ2) is 6.86. The summed E-state index contributed by atoms with van der Waals surface area (Å²) >= 11 is 2.05. The molecule has 2 rings (SSSR count).